The van der Waals surface area contributed by atoms with Crippen LogP contribution in [-0.4, -0.2) is 39.6 Å². The van der Waals surface area contributed by atoms with Crippen molar-refractivity contribution < 1.29 is 24.5 Å². The highest BCUT2D eigenvalue weighted by atomic mass is 32.2. The van der Waals surface area contributed by atoms with Crippen molar-refractivity contribution in [2.45, 2.75) is 13.0 Å². The molecule has 19 heavy (non-hydrogen) atoms. The van der Waals surface area contributed by atoms with Gasteiger partial charge in [0.1, 0.15) is 11.8 Å². The predicted molar refractivity (Wildman–Crippen MR) is 69.7 cm³/mol. The Labute approximate surface area is 113 Å². The third kappa shape index (κ3) is 2.99. The Morgan fingerprint density at radius 1 is 1.42 bits per heavy atom. The number of ether oxygens (including phenoxy) is 1. The van der Waals surface area contributed by atoms with Crippen molar-refractivity contribution in [1.82, 2.24) is 5.32 Å². The van der Waals surface area contributed by atoms with Crippen LogP contribution < -0.4 is 10.1 Å². The van der Waals surface area contributed by atoms with E-state index in [4.69, 9.17) is 4.74 Å². The highest BCUT2D eigenvalue weighted by Gasteiger charge is 2.27. The fourth-order valence-corrected chi connectivity index (χ4v) is 2.61. The van der Waals surface area contributed by atoms with Gasteiger partial charge in [-0.15, -0.1) is 11.8 Å². The molecule has 1 aliphatic heterocycles. The van der Waals surface area contributed by atoms with Gasteiger partial charge in [-0.2, -0.15) is 0 Å². The van der Waals surface area contributed by atoms with Gasteiger partial charge in [0.15, 0.2) is 17.3 Å². The molecule has 1 saturated heterocycles. The van der Waals surface area contributed by atoms with Gasteiger partial charge in [0, 0.05) is 17.7 Å². The summed E-state index contributed by atoms with van der Waals surface area (Å²) in [6.07, 6.45) is 0. The topological polar surface area (TPSA) is 95.9 Å². The lowest BCUT2D eigenvalue weighted by atomic mass is 10.1. The number of carbonyl (C=O) groups excluding carboxylic acids is 2. The lowest BCUT2D eigenvalue weighted by Gasteiger charge is -2.13. The maximum atomic E-state index is 11.8. The fraction of sp³-hybridized carbons (Fsp3) is 0.333. The Hall–Kier alpha value is -1.73. The van der Waals surface area contributed by atoms with Gasteiger partial charge in [0.05, 0.1) is 5.56 Å². The standard InChI is InChI=1S/C12H13NO5S/c1-6(14)8-2-7(15)3-10(16)11(8)18-12(17)9-4-19-5-13-9/h2-3,9,13,15-16H,4-5H2,1H3. The van der Waals surface area contributed by atoms with E-state index in [-0.39, 0.29) is 17.1 Å². The van der Waals surface area contributed by atoms with E-state index in [1.807, 2.05) is 0 Å². The van der Waals surface area contributed by atoms with Crippen molar-refractivity contribution in [3.63, 3.8) is 0 Å². The average Bonchev–Trinajstić information content (AvgIpc) is 2.85. The van der Waals surface area contributed by atoms with Gasteiger partial charge in [-0.3, -0.25) is 10.1 Å². The first-order valence-electron chi connectivity index (χ1n) is 5.58. The second-order valence-electron chi connectivity index (χ2n) is 4.09. The number of benzene rings is 1. The molecule has 0 aliphatic carbocycles. The number of hydrogen-bond acceptors (Lipinski definition) is 7. The largest absolute Gasteiger partial charge is 0.508 e. The highest BCUT2D eigenvalue weighted by molar-refractivity contribution is 7.99. The van der Waals surface area contributed by atoms with Crippen LogP contribution in [0.15, 0.2) is 12.1 Å². The summed E-state index contributed by atoms with van der Waals surface area (Å²) in [6, 6.07) is 1.71. The molecule has 6 nitrogen and oxygen atoms in total. The minimum atomic E-state index is -0.562. The van der Waals surface area contributed by atoms with Crippen molar-refractivity contribution in [3.8, 4) is 17.2 Å². The Balaban J connectivity index is 2.28. The summed E-state index contributed by atoms with van der Waals surface area (Å²) in [5.41, 5.74) is -0.0310. The third-order valence-electron chi connectivity index (χ3n) is 2.64. The Morgan fingerprint density at radius 3 is 2.74 bits per heavy atom. The lowest BCUT2D eigenvalue weighted by Crippen LogP contribution is -2.36. The number of thioether (sulfide) groups is 1. The second-order valence-corrected chi connectivity index (χ2v) is 5.12. The minimum absolute atomic E-state index is 0.0310. The maximum Gasteiger partial charge on any atom is 0.329 e. The molecule has 1 fully saturated rings. The Kier molecular flexibility index (Phi) is 3.96. The molecule has 2 rings (SSSR count). The molecule has 1 atom stereocenters. The van der Waals surface area contributed by atoms with Crippen LogP contribution in [0.2, 0.25) is 0 Å². The number of nitrogens with one attached hydrogen (secondary N) is 1. The molecule has 3 N–H and O–H groups in total. The molecule has 1 aromatic rings. The molecule has 102 valence electrons. The molecule has 1 aromatic carbocycles. The van der Waals surface area contributed by atoms with Gasteiger partial charge < -0.3 is 14.9 Å². The van der Waals surface area contributed by atoms with Gasteiger partial charge in [-0.1, -0.05) is 0 Å². The fourth-order valence-electron chi connectivity index (χ4n) is 1.69. The van der Waals surface area contributed by atoms with Crippen molar-refractivity contribution >= 4 is 23.5 Å². The quantitative estimate of drug-likeness (QED) is 0.430. The smallest absolute Gasteiger partial charge is 0.329 e. The minimum Gasteiger partial charge on any atom is -0.508 e. The zero-order valence-corrected chi connectivity index (χ0v) is 11.0. The molecule has 0 spiro atoms. The maximum absolute atomic E-state index is 11.8. The van der Waals surface area contributed by atoms with Crippen LogP contribution >= 0.6 is 11.8 Å². The van der Waals surface area contributed by atoms with E-state index >= 15 is 0 Å². The summed E-state index contributed by atoms with van der Waals surface area (Å²) in [5.74, 6) is -0.667. The summed E-state index contributed by atoms with van der Waals surface area (Å²) < 4.78 is 5.08. The number of Topliss-reactive ketones (excluding diaryl/α,β-unsaturated/α-hetero) is 1. The average molecular weight is 283 g/mol. The summed E-state index contributed by atoms with van der Waals surface area (Å²) in [7, 11) is 0. The number of ketones is 1. The van der Waals surface area contributed by atoms with Crippen LogP contribution in [0, 0.1) is 0 Å². The SMILES string of the molecule is CC(=O)c1cc(O)cc(O)c1OC(=O)C1CSCN1. The lowest BCUT2D eigenvalue weighted by molar-refractivity contribution is -0.136. The Morgan fingerprint density at radius 2 is 2.16 bits per heavy atom. The predicted octanol–water partition coefficient (Wildman–Crippen LogP) is 0.868. The number of hydrogen-bond donors (Lipinski definition) is 3. The van der Waals surface area contributed by atoms with E-state index < -0.39 is 23.5 Å². The zero-order valence-electron chi connectivity index (χ0n) is 10.2. The molecule has 1 aliphatic rings. The molecular weight excluding hydrogens is 270 g/mol. The van der Waals surface area contributed by atoms with Crippen LogP contribution in [0.3, 0.4) is 0 Å². The molecule has 0 saturated carbocycles. The summed E-state index contributed by atoms with van der Waals surface area (Å²) in [5, 5.41) is 22.0. The first kappa shape index (κ1) is 13.7. The summed E-state index contributed by atoms with van der Waals surface area (Å²) in [6.45, 7) is 1.26. The van der Waals surface area contributed by atoms with E-state index in [0.29, 0.717) is 11.6 Å². The molecule has 0 radical (unpaired) electrons. The van der Waals surface area contributed by atoms with Crippen molar-refractivity contribution in [2.24, 2.45) is 0 Å². The monoisotopic (exact) mass is 283 g/mol. The van der Waals surface area contributed by atoms with E-state index in [1.54, 1.807) is 11.8 Å². The molecule has 1 heterocycles. The summed E-state index contributed by atoms with van der Waals surface area (Å²) in [4.78, 5) is 23.3. The van der Waals surface area contributed by atoms with Crippen molar-refractivity contribution in [2.75, 3.05) is 11.6 Å². The van der Waals surface area contributed by atoms with Gasteiger partial charge in [0.2, 0.25) is 0 Å². The van der Waals surface area contributed by atoms with Gasteiger partial charge >= 0.3 is 5.97 Å². The molecule has 0 aromatic heterocycles. The number of esters is 1. The summed E-state index contributed by atoms with van der Waals surface area (Å²) >= 11 is 1.56. The van der Waals surface area contributed by atoms with E-state index in [0.717, 1.165) is 12.1 Å². The van der Waals surface area contributed by atoms with Crippen LogP contribution in [0.5, 0.6) is 17.2 Å². The van der Waals surface area contributed by atoms with Gasteiger partial charge in [0.25, 0.3) is 0 Å². The van der Waals surface area contributed by atoms with Crippen LogP contribution in [0.25, 0.3) is 0 Å². The van der Waals surface area contributed by atoms with Gasteiger partial charge in [-0.25, -0.2) is 4.79 Å². The number of rotatable bonds is 3. The molecule has 7 heteroatoms. The van der Waals surface area contributed by atoms with E-state index in [9.17, 15) is 19.8 Å². The van der Waals surface area contributed by atoms with Crippen LogP contribution in [0.1, 0.15) is 17.3 Å². The highest BCUT2D eigenvalue weighted by Crippen LogP contribution is 2.35. The molecule has 0 amide bonds. The second kappa shape index (κ2) is 5.50. The molecule has 0 bridgehead atoms. The van der Waals surface area contributed by atoms with Crippen LogP contribution in [-0.2, 0) is 4.79 Å². The van der Waals surface area contributed by atoms with Crippen molar-refractivity contribution in [3.05, 3.63) is 17.7 Å². The van der Waals surface area contributed by atoms with E-state index in [2.05, 4.69) is 5.32 Å². The first-order chi connectivity index (χ1) is 8.99. The zero-order chi connectivity index (χ0) is 14.0. The first-order valence-corrected chi connectivity index (χ1v) is 6.74. The normalized spacial score (nSPS) is 18.3. The third-order valence-corrected chi connectivity index (χ3v) is 3.58. The van der Waals surface area contributed by atoms with Gasteiger partial charge in [-0.05, 0) is 13.0 Å². The van der Waals surface area contributed by atoms with Crippen LogP contribution in [0.4, 0.5) is 0 Å². The van der Waals surface area contributed by atoms with E-state index in [1.165, 1.54) is 6.92 Å². The molecule has 1 unspecified atom stereocenters. The number of phenolic OH excluding ortho intramolecular Hbond substituents is 2. The number of aromatic hydroxyl groups is 2. The Bertz CT molecular complexity index is 525. The molecular formula is C12H13NO5S. The number of carbonyl (C=O) groups is 2. The number of phenols is 2. The van der Waals surface area contributed by atoms with Crippen molar-refractivity contribution in [1.29, 1.82) is 0 Å².